The van der Waals surface area contributed by atoms with Crippen molar-refractivity contribution in [3.05, 3.63) is 12.2 Å². The van der Waals surface area contributed by atoms with E-state index in [4.69, 9.17) is 13.7 Å². The maximum Gasteiger partial charge on any atom is 0.192 e. The summed E-state index contributed by atoms with van der Waals surface area (Å²) in [5, 5.41) is 13.5. The Kier molecular flexibility index (Phi) is 13.0. The maximum absolute atomic E-state index is 10.8. The predicted molar refractivity (Wildman–Crippen MR) is 171 cm³/mol. The molecule has 39 heavy (non-hydrogen) atoms. The van der Waals surface area contributed by atoms with Crippen LogP contribution in [0.1, 0.15) is 120 Å². The first kappa shape index (κ1) is 35.2. The van der Waals surface area contributed by atoms with E-state index in [1.54, 1.807) is 0 Å². The first-order chi connectivity index (χ1) is 17.9. The van der Waals surface area contributed by atoms with Crippen LogP contribution in [0.25, 0.3) is 0 Å². The van der Waals surface area contributed by atoms with Crippen LogP contribution in [0.3, 0.4) is 0 Å². The molecular weight excluding hydrogens is 519 g/mol. The van der Waals surface area contributed by atoms with Gasteiger partial charge in [-0.05, 0) is 107 Å². The summed E-state index contributed by atoms with van der Waals surface area (Å²) in [7, 11) is -3.48. The summed E-state index contributed by atoms with van der Waals surface area (Å²) in [5.41, 5.74) is 0. The summed E-state index contributed by atoms with van der Waals surface area (Å²) in [6.07, 6.45) is 15.4. The molecular formula is C32H65NO4Si2. The van der Waals surface area contributed by atoms with Crippen molar-refractivity contribution >= 4 is 16.6 Å². The minimum atomic E-state index is -1.75. The number of hydrogen-bond acceptors (Lipinski definition) is 5. The van der Waals surface area contributed by atoms with E-state index < -0.39 is 16.6 Å². The van der Waals surface area contributed by atoms with Gasteiger partial charge >= 0.3 is 0 Å². The average molecular weight is 584 g/mol. The zero-order chi connectivity index (χ0) is 29.6. The van der Waals surface area contributed by atoms with Crippen molar-refractivity contribution in [1.29, 1.82) is 0 Å². The Morgan fingerprint density at radius 2 is 1.59 bits per heavy atom. The molecule has 0 unspecified atom stereocenters. The molecule has 0 aromatic carbocycles. The van der Waals surface area contributed by atoms with Crippen molar-refractivity contribution < 1.29 is 18.8 Å². The van der Waals surface area contributed by atoms with E-state index >= 15 is 0 Å². The van der Waals surface area contributed by atoms with Crippen LogP contribution in [0.5, 0.6) is 0 Å². The molecule has 0 amide bonds. The molecule has 0 aromatic rings. The second-order valence-corrected chi connectivity index (χ2v) is 25.1. The second-order valence-electron chi connectivity index (χ2n) is 15.5. The summed E-state index contributed by atoms with van der Waals surface area (Å²) < 4.78 is 13.1. The van der Waals surface area contributed by atoms with Crippen LogP contribution in [0.4, 0.5) is 0 Å². The van der Waals surface area contributed by atoms with Gasteiger partial charge in [-0.25, -0.2) is 0 Å². The van der Waals surface area contributed by atoms with Gasteiger partial charge in [-0.15, -0.1) is 0 Å². The van der Waals surface area contributed by atoms with E-state index in [0.29, 0.717) is 18.2 Å². The Morgan fingerprint density at radius 1 is 0.974 bits per heavy atom. The molecule has 0 saturated carbocycles. The van der Waals surface area contributed by atoms with Crippen molar-refractivity contribution in [3.8, 4) is 0 Å². The van der Waals surface area contributed by atoms with Crippen LogP contribution in [0.2, 0.25) is 36.3 Å². The number of nitrogens with zero attached hydrogens (tertiary/aromatic N) is 1. The molecule has 2 aliphatic heterocycles. The topological polar surface area (TPSA) is 51.2 Å². The minimum absolute atomic E-state index is 0.214. The highest BCUT2D eigenvalue weighted by molar-refractivity contribution is 6.74. The van der Waals surface area contributed by atoms with Crippen LogP contribution in [-0.2, 0) is 13.7 Å². The summed E-state index contributed by atoms with van der Waals surface area (Å²) in [6.45, 7) is 27.5. The molecule has 0 aliphatic carbocycles. The van der Waals surface area contributed by atoms with Gasteiger partial charge in [0.2, 0.25) is 0 Å². The van der Waals surface area contributed by atoms with Crippen LogP contribution in [0.15, 0.2) is 12.2 Å². The molecule has 0 radical (unpaired) electrons. The van der Waals surface area contributed by atoms with Gasteiger partial charge in [-0.3, -0.25) is 4.84 Å². The van der Waals surface area contributed by atoms with E-state index in [1.165, 1.54) is 6.42 Å². The molecule has 5 nitrogen and oxygen atoms in total. The maximum atomic E-state index is 10.8. The fourth-order valence-corrected chi connectivity index (χ4v) is 8.23. The van der Waals surface area contributed by atoms with Crippen molar-refractivity contribution in [2.45, 2.75) is 192 Å². The van der Waals surface area contributed by atoms with Gasteiger partial charge in [0.15, 0.2) is 16.6 Å². The van der Waals surface area contributed by atoms with Crippen molar-refractivity contribution in [2.24, 2.45) is 0 Å². The summed E-state index contributed by atoms with van der Waals surface area (Å²) >= 11 is 0. The lowest BCUT2D eigenvalue weighted by atomic mass is 10.0. The number of hydroxylamine groups is 2. The van der Waals surface area contributed by atoms with Gasteiger partial charge in [-0.2, -0.15) is 5.06 Å². The molecule has 0 bridgehead atoms. The number of aliphatic hydroxyl groups is 1. The normalized spacial score (nSPS) is 25.8. The zero-order valence-electron chi connectivity index (χ0n) is 27.8. The summed E-state index contributed by atoms with van der Waals surface area (Å²) in [6, 6.07) is 0.883. The van der Waals surface area contributed by atoms with Crippen LogP contribution < -0.4 is 0 Å². The number of allylic oxidation sites excluding steroid dienone is 1. The highest BCUT2D eigenvalue weighted by Gasteiger charge is 2.43. The van der Waals surface area contributed by atoms with E-state index in [2.05, 4.69) is 98.8 Å². The Labute approximate surface area is 244 Å². The molecule has 6 atom stereocenters. The standard InChI is InChI=1S/C32H65NO4Si2/c1-13-29(37-39(11,12)32(6,7)8)19-14-15-20-30-24-27-22-21-26(33(27)35-30)23-28(34)18-16-17-25(2)36-38(9,10)31(3,4)5/h14,19,25-30,34H,13,15-18,20-24H2,1-12H3/b19-14-/t25-,26+,27+,28+,29+,30+/m1/s1. The monoisotopic (exact) mass is 583 g/mol. The third-order valence-electron chi connectivity index (χ3n) is 10.0. The largest absolute Gasteiger partial charge is 0.414 e. The van der Waals surface area contributed by atoms with Crippen LogP contribution in [-0.4, -0.2) is 63.3 Å². The van der Waals surface area contributed by atoms with Crippen molar-refractivity contribution in [2.75, 3.05) is 0 Å². The summed E-state index contributed by atoms with van der Waals surface area (Å²) in [4.78, 5) is 6.44. The molecule has 1 N–H and O–H groups in total. The quantitative estimate of drug-likeness (QED) is 0.154. The molecule has 2 rings (SSSR count). The van der Waals surface area contributed by atoms with Crippen LogP contribution >= 0.6 is 0 Å². The second kappa shape index (κ2) is 14.4. The Hall–Kier alpha value is -0.0262. The molecule has 2 aliphatic rings. The van der Waals surface area contributed by atoms with Gasteiger partial charge in [0.1, 0.15) is 0 Å². The Morgan fingerprint density at radius 3 is 2.18 bits per heavy atom. The predicted octanol–water partition coefficient (Wildman–Crippen LogP) is 8.99. The number of hydrogen-bond donors (Lipinski definition) is 1. The van der Waals surface area contributed by atoms with E-state index in [9.17, 15) is 5.11 Å². The zero-order valence-corrected chi connectivity index (χ0v) is 29.8. The number of fused-ring (bicyclic) bond motifs is 1. The summed E-state index contributed by atoms with van der Waals surface area (Å²) in [5.74, 6) is 0. The van der Waals surface area contributed by atoms with Gasteiger partial charge in [0, 0.05) is 18.2 Å². The van der Waals surface area contributed by atoms with E-state index in [0.717, 1.165) is 57.8 Å². The third kappa shape index (κ3) is 10.6. The van der Waals surface area contributed by atoms with Crippen molar-refractivity contribution in [1.82, 2.24) is 5.06 Å². The first-order valence-electron chi connectivity index (χ1n) is 16.0. The SMILES string of the molecule is CC[C@@H](/C=C\CC[C@H]1C[C@@H]2CC[C@@H](C[C@@H](O)CCC[C@@H](C)O[Si](C)(C)C(C)(C)C)N2O1)O[Si](C)(C)C(C)(C)C. The number of aliphatic hydroxyl groups excluding tert-OH is 1. The first-order valence-corrected chi connectivity index (χ1v) is 21.8. The average Bonchev–Trinajstić information content (AvgIpc) is 3.35. The molecule has 0 aromatic heterocycles. The lowest BCUT2D eigenvalue weighted by molar-refractivity contribution is -0.178. The van der Waals surface area contributed by atoms with Crippen molar-refractivity contribution in [3.63, 3.8) is 0 Å². The molecule has 2 saturated heterocycles. The molecule has 7 heteroatoms. The highest BCUT2D eigenvalue weighted by Crippen LogP contribution is 2.40. The fourth-order valence-electron chi connectivity index (χ4n) is 5.40. The lowest BCUT2D eigenvalue weighted by Crippen LogP contribution is -2.43. The fraction of sp³-hybridized carbons (Fsp3) is 0.938. The molecule has 0 spiro atoms. The Balaban J connectivity index is 1.71. The van der Waals surface area contributed by atoms with Gasteiger partial charge in [0.05, 0.1) is 18.3 Å². The smallest absolute Gasteiger partial charge is 0.192 e. The molecule has 2 fully saturated rings. The minimum Gasteiger partial charge on any atom is -0.414 e. The van der Waals surface area contributed by atoms with Gasteiger partial charge in [0.25, 0.3) is 0 Å². The third-order valence-corrected chi connectivity index (χ3v) is 19.1. The van der Waals surface area contributed by atoms with Gasteiger partial charge in [-0.1, -0.05) is 60.6 Å². The molecule has 2 heterocycles. The molecule has 230 valence electrons. The van der Waals surface area contributed by atoms with E-state index in [1.807, 2.05) is 0 Å². The van der Waals surface area contributed by atoms with Gasteiger partial charge < -0.3 is 14.0 Å². The number of rotatable bonds is 15. The van der Waals surface area contributed by atoms with Crippen LogP contribution in [0, 0.1) is 0 Å². The van der Waals surface area contributed by atoms with E-state index in [-0.39, 0.29) is 28.4 Å². The highest BCUT2D eigenvalue weighted by atomic mass is 28.4. The lowest BCUT2D eigenvalue weighted by Gasteiger charge is -2.38. The Bertz CT molecular complexity index is 758.